The van der Waals surface area contributed by atoms with Gasteiger partial charge in [-0.3, -0.25) is 0 Å². The number of nitrogens with two attached hydrogens (primary N) is 1. The summed E-state index contributed by atoms with van der Waals surface area (Å²) in [5.41, 5.74) is 5.80. The highest BCUT2D eigenvalue weighted by atomic mass is 19.4. The number of pyridine rings is 1. The lowest BCUT2D eigenvalue weighted by molar-refractivity contribution is -0.141. The minimum atomic E-state index is -4.47. The molecule has 0 aliphatic heterocycles. The van der Waals surface area contributed by atoms with Crippen LogP contribution in [0.5, 0.6) is 0 Å². The standard InChI is InChI=1S/C10H9F3N4/c1-6-2-4-15-9(8(6)14)17-5-3-7(16-17)10(11,12)13/h2-5H,14H2,1H3. The summed E-state index contributed by atoms with van der Waals surface area (Å²) in [7, 11) is 0. The van der Waals surface area contributed by atoms with E-state index in [0.717, 1.165) is 16.3 Å². The van der Waals surface area contributed by atoms with Crippen LogP contribution < -0.4 is 5.73 Å². The summed E-state index contributed by atoms with van der Waals surface area (Å²) >= 11 is 0. The van der Waals surface area contributed by atoms with Crippen LogP contribution in [-0.4, -0.2) is 14.8 Å². The van der Waals surface area contributed by atoms with Gasteiger partial charge in [0.2, 0.25) is 0 Å². The van der Waals surface area contributed by atoms with Gasteiger partial charge in [-0.15, -0.1) is 0 Å². The van der Waals surface area contributed by atoms with E-state index in [0.29, 0.717) is 5.69 Å². The molecule has 2 aromatic heterocycles. The molecule has 2 rings (SSSR count). The SMILES string of the molecule is Cc1ccnc(-n2ccc(C(F)(F)F)n2)c1N. The summed E-state index contributed by atoms with van der Waals surface area (Å²) in [6.07, 6.45) is -1.82. The van der Waals surface area contributed by atoms with Crippen LogP contribution in [0.3, 0.4) is 0 Å². The number of halogens is 3. The lowest BCUT2D eigenvalue weighted by Crippen LogP contribution is -2.09. The Kier molecular flexibility index (Phi) is 2.53. The molecular formula is C10H9F3N4. The van der Waals surface area contributed by atoms with Gasteiger partial charge in [0, 0.05) is 12.4 Å². The van der Waals surface area contributed by atoms with Crippen molar-refractivity contribution in [3.05, 3.63) is 35.8 Å². The molecular weight excluding hydrogens is 233 g/mol. The van der Waals surface area contributed by atoms with Crippen molar-refractivity contribution in [2.45, 2.75) is 13.1 Å². The van der Waals surface area contributed by atoms with E-state index in [1.54, 1.807) is 13.0 Å². The quantitative estimate of drug-likeness (QED) is 0.833. The maximum absolute atomic E-state index is 12.4. The van der Waals surface area contributed by atoms with E-state index in [9.17, 15) is 13.2 Å². The summed E-state index contributed by atoms with van der Waals surface area (Å²) in [6.45, 7) is 1.74. The third-order valence-electron chi connectivity index (χ3n) is 2.28. The monoisotopic (exact) mass is 242 g/mol. The van der Waals surface area contributed by atoms with E-state index in [4.69, 9.17) is 5.73 Å². The van der Waals surface area contributed by atoms with Crippen molar-refractivity contribution < 1.29 is 13.2 Å². The fraction of sp³-hybridized carbons (Fsp3) is 0.200. The molecule has 2 aromatic rings. The lowest BCUT2D eigenvalue weighted by Gasteiger charge is -2.06. The third-order valence-corrected chi connectivity index (χ3v) is 2.28. The van der Waals surface area contributed by atoms with E-state index in [2.05, 4.69) is 10.1 Å². The zero-order chi connectivity index (χ0) is 12.6. The van der Waals surface area contributed by atoms with Gasteiger partial charge in [0.05, 0.1) is 5.69 Å². The van der Waals surface area contributed by atoms with Gasteiger partial charge < -0.3 is 5.73 Å². The molecule has 0 spiro atoms. The van der Waals surface area contributed by atoms with Crippen molar-refractivity contribution in [2.75, 3.05) is 5.73 Å². The molecule has 0 unspecified atom stereocenters. The first-order valence-electron chi connectivity index (χ1n) is 4.74. The highest BCUT2D eigenvalue weighted by molar-refractivity contribution is 5.57. The van der Waals surface area contributed by atoms with Crippen LogP contribution in [0, 0.1) is 6.92 Å². The molecule has 7 heteroatoms. The fourth-order valence-electron chi connectivity index (χ4n) is 1.33. The van der Waals surface area contributed by atoms with Crippen molar-refractivity contribution in [3.63, 3.8) is 0 Å². The first kappa shape index (κ1) is 11.4. The van der Waals surface area contributed by atoms with E-state index < -0.39 is 11.9 Å². The molecule has 0 radical (unpaired) electrons. The van der Waals surface area contributed by atoms with Crippen LogP contribution in [0.25, 0.3) is 5.82 Å². The Morgan fingerprint density at radius 2 is 2.00 bits per heavy atom. The van der Waals surface area contributed by atoms with Crippen LogP contribution in [0.4, 0.5) is 18.9 Å². The molecule has 2 heterocycles. The summed E-state index contributed by atoms with van der Waals surface area (Å²) in [5, 5.41) is 3.40. The van der Waals surface area contributed by atoms with Gasteiger partial charge in [-0.05, 0) is 24.6 Å². The Bertz CT molecular complexity index is 545. The first-order valence-corrected chi connectivity index (χ1v) is 4.74. The fourth-order valence-corrected chi connectivity index (χ4v) is 1.33. The second-order valence-corrected chi connectivity index (χ2v) is 3.51. The molecule has 0 amide bonds. The molecule has 0 aliphatic carbocycles. The molecule has 0 saturated heterocycles. The highest BCUT2D eigenvalue weighted by Crippen LogP contribution is 2.28. The number of aryl methyl sites for hydroxylation is 1. The molecule has 2 N–H and O–H groups in total. The van der Waals surface area contributed by atoms with Crippen molar-refractivity contribution >= 4 is 5.69 Å². The van der Waals surface area contributed by atoms with Gasteiger partial charge >= 0.3 is 6.18 Å². The Balaban J connectivity index is 2.48. The number of anilines is 1. The van der Waals surface area contributed by atoms with Crippen molar-refractivity contribution in [1.29, 1.82) is 0 Å². The lowest BCUT2D eigenvalue weighted by atomic mass is 10.2. The predicted molar refractivity (Wildman–Crippen MR) is 55.5 cm³/mol. The largest absolute Gasteiger partial charge is 0.435 e. The van der Waals surface area contributed by atoms with Gasteiger partial charge in [-0.2, -0.15) is 18.3 Å². The second-order valence-electron chi connectivity index (χ2n) is 3.51. The molecule has 0 aliphatic rings. The summed E-state index contributed by atoms with van der Waals surface area (Å²) in [4.78, 5) is 3.91. The zero-order valence-electron chi connectivity index (χ0n) is 8.86. The van der Waals surface area contributed by atoms with Gasteiger partial charge in [0.1, 0.15) is 0 Å². The molecule has 4 nitrogen and oxygen atoms in total. The number of hydrogen-bond donors (Lipinski definition) is 1. The maximum atomic E-state index is 12.4. The van der Waals surface area contributed by atoms with Gasteiger partial charge in [0.25, 0.3) is 0 Å². The van der Waals surface area contributed by atoms with E-state index >= 15 is 0 Å². The summed E-state index contributed by atoms with van der Waals surface area (Å²) < 4.78 is 38.1. The van der Waals surface area contributed by atoms with Crippen molar-refractivity contribution in [2.24, 2.45) is 0 Å². The maximum Gasteiger partial charge on any atom is 0.435 e. The molecule has 90 valence electrons. The molecule has 0 saturated carbocycles. The number of alkyl halides is 3. The summed E-state index contributed by atoms with van der Waals surface area (Å²) in [6, 6.07) is 2.55. The second kappa shape index (κ2) is 3.76. The van der Waals surface area contributed by atoms with Gasteiger partial charge in [0.15, 0.2) is 11.5 Å². The number of nitrogen functional groups attached to an aromatic ring is 1. The van der Waals surface area contributed by atoms with E-state index in [1.165, 1.54) is 12.4 Å². The van der Waals surface area contributed by atoms with Crippen LogP contribution >= 0.6 is 0 Å². The molecule has 0 fully saturated rings. The average molecular weight is 242 g/mol. The summed E-state index contributed by atoms with van der Waals surface area (Å²) in [5.74, 6) is 0.195. The smallest absolute Gasteiger partial charge is 0.395 e. The Morgan fingerprint density at radius 1 is 1.29 bits per heavy atom. The van der Waals surface area contributed by atoms with Crippen LogP contribution in [0.15, 0.2) is 24.5 Å². The Labute approximate surface area is 94.9 Å². The average Bonchev–Trinajstić information content (AvgIpc) is 2.70. The molecule has 17 heavy (non-hydrogen) atoms. The van der Waals surface area contributed by atoms with Crippen LogP contribution in [0.1, 0.15) is 11.3 Å². The van der Waals surface area contributed by atoms with Gasteiger partial charge in [-0.1, -0.05) is 0 Å². The molecule has 0 bridgehead atoms. The molecule has 0 aromatic carbocycles. The van der Waals surface area contributed by atoms with E-state index in [-0.39, 0.29) is 5.82 Å². The van der Waals surface area contributed by atoms with Gasteiger partial charge in [-0.25, -0.2) is 9.67 Å². The number of nitrogens with zero attached hydrogens (tertiary/aromatic N) is 3. The Morgan fingerprint density at radius 3 is 2.59 bits per heavy atom. The van der Waals surface area contributed by atoms with Crippen LogP contribution in [0.2, 0.25) is 0 Å². The zero-order valence-corrected chi connectivity index (χ0v) is 8.86. The van der Waals surface area contributed by atoms with E-state index in [1.807, 2.05) is 0 Å². The third kappa shape index (κ3) is 2.08. The molecule has 0 atom stereocenters. The van der Waals surface area contributed by atoms with Crippen LogP contribution in [-0.2, 0) is 6.18 Å². The Hall–Kier alpha value is -2.05. The number of aromatic nitrogens is 3. The number of hydrogen-bond acceptors (Lipinski definition) is 3. The highest BCUT2D eigenvalue weighted by Gasteiger charge is 2.33. The number of rotatable bonds is 1. The normalized spacial score (nSPS) is 11.8. The minimum Gasteiger partial charge on any atom is -0.395 e. The van der Waals surface area contributed by atoms with Crippen molar-refractivity contribution in [1.82, 2.24) is 14.8 Å². The minimum absolute atomic E-state index is 0.195. The topological polar surface area (TPSA) is 56.7 Å². The first-order chi connectivity index (χ1) is 7.89. The van der Waals surface area contributed by atoms with Crippen molar-refractivity contribution in [3.8, 4) is 5.82 Å². The predicted octanol–water partition coefficient (Wildman–Crippen LogP) is 2.18.